The number of fused-ring (bicyclic) bond motifs is 2. The number of pyridine rings is 1. The molecule has 190 valence electrons. The van der Waals surface area contributed by atoms with Crippen molar-refractivity contribution in [2.45, 2.75) is 44.0 Å². The van der Waals surface area contributed by atoms with Crippen LogP contribution in [0, 0.1) is 0 Å². The number of aromatic nitrogens is 3. The van der Waals surface area contributed by atoms with E-state index in [2.05, 4.69) is 22.1 Å². The van der Waals surface area contributed by atoms with E-state index in [-0.39, 0.29) is 24.7 Å². The number of rotatable bonds is 8. The molecule has 2 aromatic carbocycles. The Bertz CT molecular complexity index is 1420. The molecule has 4 aromatic rings. The normalized spacial score (nSPS) is 20.8. The number of nitrogens with zero attached hydrogens (tertiary/aromatic N) is 2. The van der Waals surface area contributed by atoms with E-state index in [0.717, 1.165) is 35.1 Å². The molecule has 0 aliphatic carbocycles. The molecular formula is C28H26ClN3O5. The van der Waals surface area contributed by atoms with Crippen LogP contribution in [0.15, 0.2) is 54.6 Å². The molecule has 2 aliphatic rings. The lowest BCUT2D eigenvalue weighted by atomic mass is 10.00. The molecular weight excluding hydrogens is 494 g/mol. The zero-order valence-corrected chi connectivity index (χ0v) is 20.8. The third-order valence-electron chi connectivity index (χ3n) is 6.89. The average Bonchev–Trinajstić information content (AvgIpc) is 3.61. The Kier molecular flexibility index (Phi) is 6.54. The maximum Gasteiger partial charge on any atom is 0.303 e. The summed E-state index contributed by atoms with van der Waals surface area (Å²) in [7, 11) is 0. The molecule has 2 saturated heterocycles. The molecule has 0 unspecified atom stereocenters. The van der Waals surface area contributed by atoms with Gasteiger partial charge in [-0.3, -0.25) is 4.79 Å². The molecule has 9 heteroatoms. The molecule has 37 heavy (non-hydrogen) atoms. The van der Waals surface area contributed by atoms with E-state index in [0.29, 0.717) is 47.5 Å². The smallest absolute Gasteiger partial charge is 0.303 e. The molecule has 0 radical (unpaired) electrons. The van der Waals surface area contributed by atoms with Gasteiger partial charge in [0, 0.05) is 18.6 Å². The van der Waals surface area contributed by atoms with Gasteiger partial charge in [-0.25, -0.2) is 4.98 Å². The van der Waals surface area contributed by atoms with Gasteiger partial charge < -0.3 is 24.3 Å². The summed E-state index contributed by atoms with van der Waals surface area (Å²) >= 11 is 6.60. The number of hydrogen-bond donors (Lipinski definition) is 2. The van der Waals surface area contributed by atoms with Crippen LogP contribution in [0.2, 0.25) is 5.02 Å². The third-order valence-corrected chi connectivity index (χ3v) is 7.18. The number of imidazole rings is 1. The van der Waals surface area contributed by atoms with Gasteiger partial charge in [-0.2, -0.15) is 4.98 Å². The number of aliphatic carboxylic acids is 1. The number of aryl methyl sites for hydroxylation is 1. The summed E-state index contributed by atoms with van der Waals surface area (Å²) in [5.41, 5.74) is 6.05. The lowest BCUT2D eigenvalue weighted by Gasteiger charge is -2.15. The van der Waals surface area contributed by atoms with Crippen molar-refractivity contribution < 1.29 is 24.1 Å². The van der Waals surface area contributed by atoms with Crippen molar-refractivity contribution in [3.05, 3.63) is 65.2 Å². The van der Waals surface area contributed by atoms with Gasteiger partial charge in [-0.15, -0.1) is 0 Å². The van der Waals surface area contributed by atoms with Crippen molar-refractivity contribution in [3.8, 4) is 28.4 Å². The van der Waals surface area contributed by atoms with E-state index < -0.39 is 5.97 Å². The van der Waals surface area contributed by atoms with Crippen LogP contribution in [0.25, 0.3) is 33.5 Å². The predicted octanol–water partition coefficient (Wildman–Crippen LogP) is 5.29. The van der Waals surface area contributed by atoms with Gasteiger partial charge in [0.1, 0.15) is 6.10 Å². The van der Waals surface area contributed by atoms with Crippen LogP contribution in [0.5, 0.6) is 6.01 Å². The Balaban J connectivity index is 1.17. The van der Waals surface area contributed by atoms with Crippen LogP contribution in [-0.2, 0) is 20.7 Å². The highest BCUT2D eigenvalue weighted by molar-refractivity contribution is 6.33. The van der Waals surface area contributed by atoms with Crippen LogP contribution < -0.4 is 4.74 Å². The summed E-state index contributed by atoms with van der Waals surface area (Å²) in [5.74, 6) is -0.761. The van der Waals surface area contributed by atoms with Gasteiger partial charge >= 0.3 is 5.97 Å². The number of carboxylic acid groups (broad SMARTS) is 1. The highest BCUT2D eigenvalue weighted by atomic mass is 35.5. The SMILES string of the molecule is O=C(O)CCCc1ccc(-c2ccc(-c3nc4nc(O[C@@H]5CO[C@@H]6CCO[C@@H]65)[nH]c4cc3Cl)cc2)cc1. The van der Waals surface area contributed by atoms with Gasteiger partial charge in [0.15, 0.2) is 11.8 Å². The Hall–Kier alpha value is -3.46. The van der Waals surface area contributed by atoms with E-state index in [9.17, 15) is 4.79 Å². The van der Waals surface area contributed by atoms with Crippen molar-refractivity contribution >= 4 is 28.7 Å². The maximum absolute atomic E-state index is 10.7. The number of hydrogen-bond acceptors (Lipinski definition) is 6. The molecule has 0 amide bonds. The Morgan fingerprint density at radius 1 is 1.05 bits per heavy atom. The lowest BCUT2D eigenvalue weighted by Crippen LogP contribution is -2.32. The molecule has 0 bridgehead atoms. The van der Waals surface area contributed by atoms with E-state index in [1.165, 1.54) is 0 Å². The largest absolute Gasteiger partial charge is 0.481 e. The van der Waals surface area contributed by atoms with Crippen LogP contribution in [0.1, 0.15) is 24.8 Å². The standard InChI is InChI=1S/C28H26ClN3O5/c29-20-14-21-27(32-28(30-21)37-23-15-36-22-12-13-35-26(22)23)31-25(20)19-10-8-18(9-11-19)17-6-4-16(5-7-17)2-1-3-24(33)34/h4-11,14,22-23,26H,1-3,12-13,15H2,(H,33,34)(H,30,31,32)/t22-,23-,26+/m1/s1. The van der Waals surface area contributed by atoms with Gasteiger partial charge in [0.2, 0.25) is 0 Å². The van der Waals surface area contributed by atoms with E-state index in [4.69, 9.17) is 35.9 Å². The van der Waals surface area contributed by atoms with Crippen molar-refractivity contribution in [2.24, 2.45) is 0 Å². The number of benzene rings is 2. The monoisotopic (exact) mass is 519 g/mol. The summed E-state index contributed by atoms with van der Waals surface area (Å²) < 4.78 is 17.5. The topological polar surface area (TPSA) is 107 Å². The zero-order valence-electron chi connectivity index (χ0n) is 20.0. The molecule has 2 aliphatic heterocycles. The highest BCUT2D eigenvalue weighted by Gasteiger charge is 2.43. The quantitative estimate of drug-likeness (QED) is 0.326. The summed E-state index contributed by atoms with van der Waals surface area (Å²) in [5, 5.41) is 9.32. The maximum atomic E-state index is 10.7. The first-order valence-electron chi connectivity index (χ1n) is 12.4. The fraction of sp³-hybridized carbons (Fsp3) is 0.321. The first-order chi connectivity index (χ1) is 18.0. The first kappa shape index (κ1) is 23.9. The van der Waals surface area contributed by atoms with Gasteiger partial charge in [-0.05, 0) is 42.0 Å². The fourth-order valence-electron chi connectivity index (χ4n) is 4.96. The van der Waals surface area contributed by atoms with E-state index >= 15 is 0 Å². The fourth-order valence-corrected chi connectivity index (χ4v) is 5.22. The summed E-state index contributed by atoms with van der Waals surface area (Å²) in [6.45, 7) is 1.17. The molecule has 6 rings (SSSR count). The second-order valence-electron chi connectivity index (χ2n) is 9.41. The zero-order chi connectivity index (χ0) is 25.4. The van der Waals surface area contributed by atoms with Gasteiger partial charge in [-0.1, -0.05) is 60.1 Å². The predicted molar refractivity (Wildman–Crippen MR) is 139 cm³/mol. The van der Waals surface area contributed by atoms with E-state index in [1.807, 2.05) is 42.5 Å². The van der Waals surface area contributed by atoms with Crippen LogP contribution in [0.4, 0.5) is 0 Å². The second kappa shape index (κ2) is 10.1. The van der Waals surface area contributed by atoms with Crippen LogP contribution in [0.3, 0.4) is 0 Å². The number of aromatic amines is 1. The molecule has 0 saturated carbocycles. The average molecular weight is 520 g/mol. The number of halogens is 1. The third kappa shape index (κ3) is 5.05. The molecule has 0 spiro atoms. The lowest BCUT2D eigenvalue weighted by molar-refractivity contribution is -0.137. The number of ether oxygens (including phenoxy) is 3. The minimum atomic E-state index is -0.761. The Labute approximate surface area is 218 Å². The number of H-pyrrole nitrogens is 1. The Morgan fingerprint density at radius 3 is 2.54 bits per heavy atom. The minimum Gasteiger partial charge on any atom is -0.481 e. The summed E-state index contributed by atoms with van der Waals surface area (Å²) in [4.78, 5) is 23.1. The van der Waals surface area contributed by atoms with Crippen LogP contribution >= 0.6 is 11.6 Å². The Morgan fingerprint density at radius 2 is 1.78 bits per heavy atom. The van der Waals surface area contributed by atoms with Gasteiger partial charge in [0.25, 0.3) is 6.01 Å². The molecule has 8 nitrogen and oxygen atoms in total. The van der Waals surface area contributed by atoms with Crippen molar-refractivity contribution in [1.29, 1.82) is 0 Å². The highest BCUT2D eigenvalue weighted by Crippen LogP contribution is 2.33. The number of nitrogens with one attached hydrogen (secondary N) is 1. The minimum absolute atomic E-state index is 0.0630. The van der Waals surface area contributed by atoms with Gasteiger partial charge in [0.05, 0.1) is 28.9 Å². The molecule has 3 atom stereocenters. The second-order valence-corrected chi connectivity index (χ2v) is 9.81. The number of carbonyl (C=O) groups is 1. The van der Waals surface area contributed by atoms with Crippen LogP contribution in [-0.4, -0.2) is 57.6 Å². The van der Waals surface area contributed by atoms with Crippen molar-refractivity contribution in [2.75, 3.05) is 13.2 Å². The first-order valence-corrected chi connectivity index (χ1v) is 12.8. The molecule has 4 heterocycles. The molecule has 2 N–H and O–H groups in total. The summed E-state index contributed by atoms with van der Waals surface area (Å²) in [6.07, 6.45) is 2.30. The van der Waals surface area contributed by atoms with Crippen molar-refractivity contribution in [1.82, 2.24) is 15.0 Å². The molecule has 2 aromatic heterocycles. The summed E-state index contributed by atoms with van der Waals surface area (Å²) in [6, 6.07) is 18.5. The van der Waals surface area contributed by atoms with E-state index in [1.54, 1.807) is 0 Å². The number of carboxylic acids is 1. The molecule has 2 fully saturated rings. The van der Waals surface area contributed by atoms with Crippen molar-refractivity contribution in [3.63, 3.8) is 0 Å².